The third kappa shape index (κ3) is 8.55. The summed E-state index contributed by atoms with van der Waals surface area (Å²) >= 11 is -4.65. The van der Waals surface area contributed by atoms with Gasteiger partial charge in [-0.25, -0.2) is 0 Å². The molecule has 0 saturated carbocycles. The minimum Gasteiger partial charge on any atom is -0.147 e. The van der Waals surface area contributed by atoms with Gasteiger partial charge in [0.05, 0.1) is 0 Å². The molecule has 0 saturated heterocycles. The first kappa shape index (κ1) is 48.9. The van der Waals surface area contributed by atoms with Crippen LogP contribution in [0.15, 0.2) is 71.8 Å². The summed E-state index contributed by atoms with van der Waals surface area (Å²) in [5, 5.41) is 0. The normalized spacial score (nSPS) is 17.1. The molecule has 4 aromatic carbocycles. The van der Waals surface area contributed by atoms with Crippen LogP contribution in [0.2, 0.25) is 8.26 Å². The van der Waals surface area contributed by atoms with Gasteiger partial charge in [-0.15, -0.1) is 24.8 Å². The molecule has 2 unspecified atom stereocenters. The molecule has 16 heteroatoms. The Balaban J connectivity index is 0.00000384. The van der Waals surface area contributed by atoms with Crippen molar-refractivity contribution in [1.29, 1.82) is 0 Å². The van der Waals surface area contributed by atoms with Crippen LogP contribution in [0.5, 0.6) is 0 Å². The van der Waals surface area contributed by atoms with E-state index in [1.807, 2.05) is 45.0 Å². The molecule has 2 aliphatic carbocycles. The molecule has 0 aromatic heterocycles. The van der Waals surface area contributed by atoms with Crippen molar-refractivity contribution in [3.8, 4) is 22.3 Å². The van der Waals surface area contributed by atoms with Crippen molar-refractivity contribution in [2.45, 2.75) is 88.2 Å². The van der Waals surface area contributed by atoms with E-state index < -0.39 is 64.4 Å². The SMILES string of the molecule is CCC1=Cc2c(-c3cc(C(F)(F)F)cc(C(F)(F)F)c3)cc(C)cc2[CH]1[Zr](=[SiH2])([CH2]C)([CH2]C)[CH]1C(C)=Cc2c(-c3cc(C(F)(F)F)cc(C(F)(F)F)c3)cc(C)cc21.Cl.Cl. The zero-order valence-corrected chi connectivity index (χ0v) is 38.3. The second kappa shape index (κ2) is 16.2. The topological polar surface area (TPSA) is 0 Å². The van der Waals surface area contributed by atoms with Crippen LogP contribution < -0.4 is 0 Å². The van der Waals surface area contributed by atoms with Gasteiger partial charge in [-0.2, -0.15) is 0 Å². The number of benzene rings is 4. The molecule has 59 heavy (non-hydrogen) atoms. The average molecular weight is 977 g/mol. The van der Waals surface area contributed by atoms with Crippen LogP contribution in [0.3, 0.4) is 0 Å². The Morgan fingerprint density at radius 3 is 1.15 bits per heavy atom. The summed E-state index contributed by atoms with van der Waals surface area (Å²) in [6.07, 6.45) is -15.9. The van der Waals surface area contributed by atoms with E-state index in [9.17, 15) is 52.7 Å². The van der Waals surface area contributed by atoms with E-state index in [0.29, 0.717) is 36.9 Å². The van der Waals surface area contributed by atoms with Gasteiger partial charge in [0.15, 0.2) is 0 Å². The first-order valence-electron chi connectivity index (χ1n) is 18.5. The van der Waals surface area contributed by atoms with Crippen LogP contribution in [0.1, 0.15) is 97.0 Å². The molecular formula is C43H42Cl2F12SiZr. The summed E-state index contributed by atoms with van der Waals surface area (Å²) in [7, 11) is 0. The number of hydrogen-bond donors (Lipinski definition) is 0. The minimum atomic E-state index is -5.04. The molecule has 2 atom stereocenters. The summed E-state index contributed by atoms with van der Waals surface area (Å²) in [4.78, 5) is 0. The Morgan fingerprint density at radius 1 is 0.492 bits per heavy atom. The second-order valence-electron chi connectivity index (χ2n) is 15.9. The summed E-state index contributed by atoms with van der Waals surface area (Å²) in [5.41, 5.74) is 0.285. The van der Waals surface area contributed by atoms with Crippen LogP contribution in [0.25, 0.3) is 34.4 Å². The predicted octanol–water partition coefficient (Wildman–Crippen LogP) is 15.7. The number of fused-ring (bicyclic) bond motifs is 2. The van der Waals surface area contributed by atoms with Crippen molar-refractivity contribution in [2.75, 3.05) is 0 Å². The molecule has 0 N–H and O–H groups in total. The van der Waals surface area contributed by atoms with E-state index in [1.165, 1.54) is 0 Å². The number of hydrogen-bond acceptors (Lipinski definition) is 0. The molecule has 0 amide bonds. The molecule has 0 bridgehead atoms. The van der Waals surface area contributed by atoms with Crippen molar-refractivity contribution in [3.05, 3.63) is 127 Å². The fraction of sp³-hybridized carbons (Fsp3) is 0.349. The van der Waals surface area contributed by atoms with Gasteiger partial charge >= 0.3 is 327 Å². The molecule has 0 nitrogen and oxygen atoms in total. The Bertz CT molecular complexity index is 2360. The first-order chi connectivity index (χ1) is 26.1. The number of halogens is 14. The summed E-state index contributed by atoms with van der Waals surface area (Å²) in [6.45, 7) is 13.5. The largest absolute Gasteiger partial charge is 0.147 e. The number of allylic oxidation sites excluding steroid dienone is 2. The molecule has 2 aliphatic rings. The van der Waals surface area contributed by atoms with Crippen molar-refractivity contribution < 1.29 is 70.1 Å². The number of rotatable bonds is 7. The van der Waals surface area contributed by atoms with E-state index in [1.54, 1.807) is 26.0 Å². The van der Waals surface area contributed by atoms with Gasteiger partial charge in [-0.05, 0) is 0 Å². The van der Waals surface area contributed by atoms with Crippen molar-refractivity contribution in [3.63, 3.8) is 0 Å². The van der Waals surface area contributed by atoms with Crippen LogP contribution in [0, 0.1) is 13.8 Å². The maximum absolute atomic E-state index is 14.0. The molecule has 0 fully saturated rings. The van der Waals surface area contributed by atoms with Gasteiger partial charge in [0.1, 0.15) is 0 Å². The Kier molecular flexibility index (Phi) is 13.4. The van der Waals surface area contributed by atoms with Gasteiger partial charge in [0.2, 0.25) is 0 Å². The second-order valence-corrected chi connectivity index (χ2v) is 43.5. The fourth-order valence-electron chi connectivity index (χ4n) is 9.67. The maximum atomic E-state index is 14.0. The van der Waals surface area contributed by atoms with Gasteiger partial charge in [0.25, 0.3) is 0 Å². The third-order valence-corrected chi connectivity index (χ3v) is 43.3. The van der Waals surface area contributed by atoms with Crippen LogP contribution in [-0.2, 0) is 42.1 Å². The van der Waals surface area contributed by atoms with Crippen LogP contribution in [-0.4, -0.2) is 6.88 Å². The van der Waals surface area contributed by atoms with Gasteiger partial charge in [-0.1, -0.05) is 0 Å². The monoisotopic (exact) mass is 974 g/mol. The van der Waals surface area contributed by atoms with E-state index in [0.717, 1.165) is 46.5 Å². The molecule has 0 heterocycles. The summed E-state index contributed by atoms with van der Waals surface area (Å²) < 4.78 is 169. The molecule has 320 valence electrons. The minimum absolute atomic E-state index is 0. The average Bonchev–Trinajstić information content (AvgIpc) is 3.66. The molecule has 0 radical (unpaired) electrons. The fourth-order valence-corrected chi connectivity index (χ4v) is 33.5. The zero-order chi connectivity index (χ0) is 42.4. The maximum Gasteiger partial charge on any atom is -0.147 e. The zero-order valence-electron chi connectivity index (χ0n) is 32.8. The molecule has 0 aliphatic heterocycles. The first-order valence-corrected chi connectivity index (χ1v) is 30.7. The molecule has 4 aromatic rings. The molecule has 0 spiro atoms. The van der Waals surface area contributed by atoms with Crippen molar-refractivity contribution in [2.24, 2.45) is 0 Å². The summed E-state index contributed by atoms with van der Waals surface area (Å²) in [6, 6.07) is 10.3. The number of aryl methyl sites for hydroxylation is 2. The van der Waals surface area contributed by atoms with Crippen molar-refractivity contribution >= 4 is 43.8 Å². The standard InChI is InChI=1S/C20H15F6.C19H13F6.2C2H5.2ClH.H2Si.Zr/c1-3-12-6-13-4-11(2)5-17(18(13)7-12)14-8-15(19(21,22)23)10-16(9-14)20(24,25)26;1-10-3-12-4-11(2)6-17(16(12)5-10)13-7-14(18(20,21)22)9-15(8-13)19(23,24)25;2*1-2;;;;/h4-10H,3H2,1-2H3;3-9H,1-2H3;2*1H2,2H3;2*1H;1H2;. The van der Waals surface area contributed by atoms with Gasteiger partial charge in [0, 0.05) is 0 Å². The molecule has 6 rings (SSSR count). The third-order valence-electron chi connectivity index (χ3n) is 12.4. The predicted molar refractivity (Wildman–Crippen MR) is 215 cm³/mol. The van der Waals surface area contributed by atoms with Crippen molar-refractivity contribution in [1.82, 2.24) is 0 Å². The number of alkyl halides is 12. The Morgan fingerprint density at radius 2 is 0.831 bits per heavy atom. The Labute approximate surface area is 349 Å². The smallest absolute Gasteiger partial charge is 0.147 e. The van der Waals surface area contributed by atoms with Gasteiger partial charge in [-0.3, -0.25) is 0 Å². The van der Waals surface area contributed by atoms with Crippen LogP contribution in [0.4, 0.5) is 52.7 Å². The van der Waals surface area contributed by atoms with E-state index in [-0.39, 0.29) is 66.5 Å². The Hall–Kier alpha value is -2.80. The van der Waals surface area contributed by atoms with E-state index in [2.05, 4.69) is 13.8 Å². The quantitative estimate of drug-likeness (QED) is 0.128. The van der Waals surface area contributed by atoms with E-state index in [4.69, 9.17) is 0 Å². The van der Waals surface area contributed by atoms with Crippen LogP contribution >= 0.6 is 24.8 Å². The molecular weight excluding hydrogens is 935 g/mol. The van der Waals surface area contributed by atoms with E-state index >= 15 is 0 Å². The van der Waals surface area contributed by atoms with Gasteiger partial charge < -0.3 is 0 Å². The summed E-state index contributed by atoms with van der Waals surface area (Å²) in [5.74, 6) is 0.